The van der Waals surface area contributed by atoms with E-state index < -0.39 is 0 Å². The largest absolute Gasteiger partial charge is 0.371 e. The normalized spacial score (nSPS) is 10.2. The molecule has 0 unspecified atom stereocenters. The van der Waals surface area contributed by atoms with Gasteiger partial charge in [-0.05, 0) is 0 Å². The molecule has 0 aromatic carbocycles. The van der Waals surface area contributed by atoms with Crippen molar-refractivity contribution < 1.29 is 9.47 Å². The molecule has 3 nitrogen and oxygen atoms in total. The van der Waals surface area contributed by atoms with Crippen LogP contribution in [0.3, 0.4) is 0 Å². The minimum absolute atomic E-state index is 0.162. The molecule has 0 aliphatic heterocycles. The van der Waals surface area contributed by atoms with E-state index in [1.165, 1.54) is 0 Å². The third-order valence-electron chi connectivity index (χ3n) is 1.18. The van der Waals surface area contributed by atoms with Gasteiger partial charge in [-0.3, -0.25) is 0 Å². The van der Waals surface area contributed by atoms with Crippen molar-refractivity contribution in [1.82, 2.24) is 5.32 Å². The van der Waals surface area contributed by atoms with Crippen LogP contribution >= 0.6 is 24.8 Å². The van der Waals surface area contributed by atoms with Gasteiger partial charge in [0.15, 0.2) is 6.29 Å². The maximum atomic E-state index is 4.95. The Balaban J connectivity index is 3.28. The number of methoxy groups -OCH3 is 2. The lowest BCUT2D eigenvalue weighted by Gasteiger charge is -2.12. The molecule has 0 aliphatic carbocycles. The highest BCUT2D eigenvalue weighted by atomic mass is 32.1. The molecule has 0 rings (SSSR count). The lowest BCUT2D eigenvalue weighted by Crippen LogP contribution is -2.24. The Morgan fingerprint density at radius 2 is 2.09 bits per heavy atom. The number of thiocarbonyl (C=S) groups is 1. The van der Waals surface area contributed by atoms with Crippen LogP contribution in [-0.2, 0) is 9.47 Å². The Bertz CT molecular complexity index is 117. The molecule has 11 heavy (non-hydrogen) atoms. The second-order valence-electron chi connectivity index (χ2n) is 1.92. The Hall–Kier alpha value is 0.160. The first-order valence-electron chi connectivity index (χ1n) is 3.23. The van der Waals surface area contributed by atoms with Crippen LogP contribution in [0.5, 0.6) is 0 Å². The van der Waals surface area contributed by atoms with Gasteiger partial charge in [-0.1, -0.05) is 12.2 Å². The van der Waals surface area contributed by atoms with Crippen molar-refractivity contribution in [2.45, 2.75) is 12.7 Å². The van der Waals surface area contributed by atoms with Crippen LogP contribution in [0.4, 0.5) is 0 Å². The summed E-state index contributed by atoms with van der Waals surface area (Å²) in [4.78, 5) is 0. The molecule has 0 amide bonds. The van der Waals surface area contributed by atoms with Crippen LogP contribution in [0.15, 0.2) is 0 Å². The van der Waals surface area contributed by atoms with E-state index in [4.69, 9.17) is 21.7 Å². The third-order valence-corrected chi connectivity index (χ3v) is 1.48. The first-order chi connectivity index (χ1) is 5.20. The number of thiol groups is 1. The van der Waals surface area contributed by atoms with Crippen molar-refractivity contribution in [3.63, 3.8) is 0 Å². The fraction of sp³-hybridized carbons (Fsp3) is 0.833. The van der Waals surface area contributed by atoms with Crippen molar-refractivity contribution in [1.29, 1.82) is 0 Å². The van der Waals surface area contributed by atoms with Gasteiger partial charge < -0.3 is 14.8 Å². The Kier molecular flexibility index (Phi) is 6.94. The number of ether oxygens (including phenoxy) is 2. The molecule has 0 bridgehead atoms. The standard InChI is InChI=1S/C6H13NO2S2/c1-8-5(9-2)3-4-7-6(10)11/h5H,3-4H2,1-2H3,(H2,7,10,11). The van der Waals surface area contributed by atoms with E-state index in [9.17, 15) is 0 Å². The summed E-state index contributed by atoms with van der Waals surface area (Å²) in [7, 11) is 3.21. The molecule has 5 heteroatoms. The quantitative estimate of drug-likeness (QED) is 0.386. The van der Waals surface area contributed by atoms with Gasteiger partial charge in [-0.2, -0.15) is 0 Å². The van der Waals surface area contributed by atoms with Gasteiger partial charge >= 0.3 is 0 Å². The highest BCUT2D eigenvalue weighted by molar-refractivity contribution is 8.11. The number of hydrogen-bond donors (Lipinski definition) is 2. The molecule has 0 saturated heterocycles. The van der Waals surface area contributed by atoms with Crippen molar-refractivity contribution in [2.24, 2.45) is 0 Å². The molecule has 0 spiro atoms. The maximum absolute atomic E-state index is 4.95. The van der Waals surface area contributed by atoms with Crippen molar-refractivity contribution in [3.05, 3.63) is 0 Å². The van der Waals surface area contributed by atoms with E-state index in [1.54, 1.807) is 14.2 Å². The molecule has 0 saturated carbocycles. The van der Waals surface area contributed by atoms with Gasteiger partial charge in [-0.15, -0.1) is 12.6 Å². The van der Waals surface area contributed by atoms with Gasteiger partial charge in [0.1, 0.15) is 4.32 Å². The topological polar surface area (TPSA) is 30.5 Å². The van der Waals surface area contributed by atoms with Crippen molar-refractivity contribution in [2.75, 3.05) is 20.8 Å². The summed E-state index contributed by atoms with van der Waals surface area (Å²) in [5, 5.41) is 2.88. The molecule has 0 atom stereocenters. The number of hydrogen-bond acceptors (Lipinski definition) is 3. The van der Waals surface area contributed by atoms with E-state index in [2.05, 4.69) is 17.9 Å². The molecule has 0 fully saturated rings. The van der Waals surface area contributed by atoms with E-state index in [0.29, 0.717) is 10.9 Å². The summed E-state index contributed by atoms with van der Waals surface area (Å²) < 4.78 is 10.4. The van der Waals surface area contributed by atoms with Crippen LogP contribution < -0.4 is 5.32 Å². The smallest absolute Gasteiger partial charge is 0.158 e. The predicted molar refractivity (Wildman–Crippen MR) is 52.0 cm³/mol. The van der Waals surface area contributed by atoms with E-state index in [0.717, 1.165) is 6.42 Å². The molecular weight excluding hydrogens is 182 g/mol. The number of nitrogens with one attached hydrogen (secondary N) is 1. The summed E-state index contributed by atoms with van der Waals surface area (Å²) in [5.74, 6) is 0. The zero-order valence-electron chi connectivity index (χ0n) is 6.66. The molecule has 0 aliphatic rings. The van der Waals surface area contributed by atoms with Crippen LogP contribution in [0.1, 0.15) is 6.42 Å². The van der Waals surface area contributed by atoms with Gasteiger partial charge in [-0.25, -0.2) is 0 Å². The first-order valence-corrected chi connectivity index (χ1v) is 4.08. The molecule has 66 valence electrons. The van der Waals surface area contributed by atoms with Crippen molar-refractivity contribution >= 4 is 29.2 Å². The zero-order chi connectivity index (χ0) is 8.69. The molecule has 0 heterocycles. The average Bonchev–Trinajstić information content (AvgIpc) is 1.98. The molecule has 1 N–H and O–H groups in total. The van der Waals surface area contributed by atoms with Crippen molar-refractivity contribution in [3.8, 4) is 0 Å². The Labute approximate surface area is 77.9 Å². The lowest BCUT2D eigenvalue weighted by atomic mass is 10.4. The fourth-order valence-electron chi connectivity index (χ4n) is 0.629. The van der Waals surface area contributed by atoms with Crippen LogP contribution in [0.25, 0.3) is 0 Å². The van der Waals surface area contributed by atoms with Crippen LogP contribution in [0, 0.1) is 0 Å². The number of rotatable bonds is 5. The Morgan fingerprint density at radius 3 is 2.45 bits per heavy atom. The van der Waals surface area contributed by atoms with Gasteiger partial charge in [0.2, 0.25) is 0 Å². The Morgan fingerprint density at radius 1 is 1.55 bits per heavy atom. The maximum Gasteiger partial charge on any atom is 0.158 e. The first kappa shape index (κ1) is 11.2. The third kappa shape index (κ3) is 6.55. The second-order valence-corrected chi connectivity index (χ2v) is 3.08. The van der Waals surface area contributed by atoms with Gasteiger partial charge in [0, 0.05) is 27.2 Å². The van der Waals surface area contributed by atoms with Gasteiger partial charge in [0.05, 0.1) is 0 Å². The predicted octanol–water partition coefficient (Wildman–Crippen LogP) is 0.800. The molecular formula is C6H13NO2S2. The molecule has 0 aromatic rings. The SMILES string of the molecule is COC(CCNC(=S)S)OC. The minimum Gasteiger partial charge on any atom is -0.371 e. The summed E-state index contributed by atoms with van der Waals surface area (Å²) in [6.45, 7) is 0.717. The monoisotopic (exact) mass is 195 g/mol. The summed E-state index contributed by atoms with van der Waals surface area (Å²) in [6.07, 6.45) is 0.596. The van der Waals surface area contributed by atoms with Crippen LogP contribution in [-0.4, -0.2) is 31.4 Å². The minimum atomic E-state index is -0.162. The second kappa shape index (κ2) is 6.84. The summed E-state index contributed by atoms with van der Waals surface area (Å²) in [6, 6.07) is 0. The lowest BCUT2D eigenvalue weighted by molar-refractivity contribution is -0.104. The fourth-order valence-corrected chi connectivity index (χ4v) is 0.843. The molecule has 0 radical (unpaired) electrons. The van der Waals surface area contributed by atoms with Crippen LogP contribution in [0.2, 0.25) is 0 Å². The van der Waals surface area contributed by atoms with Gasteiger partial charge in [0.25, 0.3) is 0 Å². The highest BCUT2D eigenvalue weighted by Gasteiger charge is 2.02. The van der Waals surface area contributed by atoms with E-state index >= 15 is 0 Å². The summed E-state index contributed by atoms with van der Waals surface area (Å²) >= 11 is 8.59. The highest BCUT2D eigenvalue weighted by Crippen LogP contribution is 1.95. The average molecular weight is 195 g/mol. The van der Waals surface area contributed by atoms with E-state index in [-0.39, 0.29) is 6.29 Å². The summed E-state index contributed by atoms with van der Waals surface area (Å²) in [5.41, 5.74) is 0. The zero-order valence-corrected chi connectivity index (χ0v) is 8.37. The van der Waals surface area contributed by atoms with E-state index in [1.807, 2.05) is 0 Å². The molecule has 0 aromatic heterocycles.